The number of carbonyl (C=O) groups is 4. The number of hydrogen-bond acceptors (Lipinski definition) is 10. The van der Waals surface area contributed by atoms with E-state index >= 15 is 0 Å². The molecule has 4 unspecified atom stereocenters. The van der Waals surface area contributed by atoms with E-state index in [1.165, 1.54) is 23.5 Å². The highest BCUT2D eigenvalue weighted by Gasteiger charge is 2.45. The van der Waals surface area contributed by atoms with Crippen molar-refractivity contribution in [3.8, 4) is 11.5 Å². The molecule has 0 radical (unpaired) electrons. The predicted molar refractivity (Wildman–Crippen MR) is 160 cm³/mol. The number of rotatable bonds is 8. The molecule has 2 saturated heterocycles. The SMILES string of the molecule is COc1ccc(C2SCC(=O)C2C(=O)OC2=CC(C)(C)C=C(OC(=O)C3C(=O)CSC3c3ccc(OC)cc3)C2)cc1. The third kappa shape index (κ3) is 6.44. The van der Waals surface area contributed by atoms with Crippen LogP contribution >= 0.6 is 23.5 Å². The lowest BCUT2D eigenvalue weighted by molar-refractivity contribution is -0.147. The van der Waals surface area contributed by atoms with Gasteiger partial charge in [0, 0.05) is 5.41 Å². The fraction of sp³-hybridized carbons (Fsp3) is 0.375. The molecule has 220 valence electrons. The largest absolute Gasteiger partial charge is 0.497 e. The van der Waals surface area contributed by atoms with Crippen molar-refractivity contribution >= 4 is 47.0 Å². The fourth-order valence-corrected chi connectivity index (χ4v) is 8.05. The van der Waals surface area contributed by atoms with E-state index in [1.807, 2.05) is 38.1 Å². The molecular formula is C32H32O8S2. The van der Waals surface area contributed by atoms with Gasteiger partial charge in [-0.1, -0.05) is 38.1 Å². The zero-order valence-corrected chi connectivity index (χ0v) is 25.4. The average Bonchev–Trinajstić information content (AvgIpc) is 3.54. The number of thioether (sulfide) groups is 2. The highest BCUT2D eigenvalue weighted by molar-refractivity contribution is 8.01. The summed E-state index contributed by atoms with van der Waals surface area (Å²) < 4.78 is 22.0. The Kier molecular flexibility index (Phi) is 8.84. The molecule has 10 heteroatoms. The molecule has 0 amide bonds. The molecule has 2 aromatic carbocycles. The van der Waals surface area contributed by atoms with E-state index < -0.39 is 29.2 Å². The van der Waals surface area contributed by atoms with Crippen molar-refractivity contribution in [2.24, 2.45) is 17.3 Å². The molecule has 2 heterocycles. The minimum absolute atomic E-state index is 0.0451. The third-order valence-electron chi connectivity index (χ3n) is 7.38. The molecule has 0 N–H and O–H groups in total. The lowest BCUT2D eigenvalue weighted by atomic mass is 9.87. The van der Waals surface area contributed by atoms with Crippen LogP contribution in [0, 0.1) is 17.3 Å². The van der Waals surface area contributed by atoms with Gasteiger partial charge in [-0.3, -0.25) is 19.2 Å². The number of esters is 2. The van der Waals surface area contributed by atoms with Crippen molar-refractivity contribution < 1.29 is 38.1 Å². The lowest BCUT2D eigenvalue weighted by Gasteiger charge is -2.27. The van der Waals surface area contributed by atoms with Gasteiger partial charge >= 0.3 is 11.9 Å². The van der Waals surface area contributed by atoms with Crippen LogP contribution in [0.3, 0.4) is 0 Å². The third-order valence-corrected chi connectivity index (χ3v) is 10.1. The van der Waals surface area contributed by atoms with Gasteiger partial charge in [-0.25, -0.2) is 0 Å². The van der Waals surface area contributed by atoms with Crippen LogP contribution in [0.15, 0.2) is 72.2 Å². The smallest absolute Gasteiger partial charge is 0.323 e. The van der Waals surface area contributed by atoms with Crippen LogP contribution in [0.2, 0.25) is 0 Å². The molecule has 0 aromatic heterocycles. The number of carbonyl (C=O) groups excluding carboxylic acids is 4. The van der Waals surface area contributed by atoms with Crippen LogP contribution < -0.4 is 9.47 Å². The second-order valence-electron chi connectivity index (χ2n) is 11.0. The van der Waals surface area contributed by atoms with Crippen molar-refractivity contribution in [3.63, 3.8) is 0 Å². The first-order chi connectivity index (χ1) is 20.1. The summed E-state index contributed by atoms with van der Waals surface area (Å²) in [5.74, 6) is -1.17. The molecule has 5 rings (SSSR count). The van der Waals surface area contributed by atoms with Gasteiger partial charge in [-0.2, -0.15) is 0 Å². The zero-order valence-electron chi connectivity index (χ0n) is 23.8. The van der Waals surface area contributed by atoms with E-state index in [0.717, 1.165) is 11.1 Å². The summed E-state index contributed by atoms with van der Waals surface area (Å²) in [6.45, 7) is 3.78. The number of Topliss-reactive ketones (excluding diaryl/α,β-unsaturated/α-hetero) is 2. The van der Waals surface area contributed by atoms with Gasteiger partial charge in [0.25, 0.3) is 0 Å². The maximum Gasteiger partial charge on any atom is 0.323 e. The molecular weight excluding hydrogens is 576 g/mol. The zero-order chi connectivity index (χ0) is 30.0. The highest BCUT2D eigenvalue weighted by Crippen LogP contribution is 2.46. The Hall–Kier alpha value is -3.50. The summed E-state index contributed by atoms with van der Waals surface area (Å²) in [6, 6.07) is 14.6. The molecule has 0 spiro atoms. The van der Waals surface area contributed by atoms with E-state index in [1.54, 1.807) is 50.6 Å². The Balaban J connectivity index is 1.28. The van der Waals surface area contributed by atoms with E-state index in [2.05, 4.69) is 0 Å². The predicted octanol–water partition coefficient (Wildman–Crippen LogP) is 5.63. The minimum Gasteiger partial charge on any atom is -0.497 e. The summed E-state index contributed by atoms with van der Waals surface area (Å²) in [7, 11) is 3.15. The standard InChI is InChI=1S/C32H32O8S2/c1-32(2)14-22(39-30(35)26-24(33)16-41-28(26)18-5-9-20(37-3)10-6-18)13-23(15-32)40-31(36)27-25(34)17-42-29(27)19-7-11-21(38-4)12-8-19/h5-12,14-15,26-29H,13,16-17H2,1-4H3. The van der Waals surface area contributed by atoms with Crippen LogP contribution in [0.4, 0.5) is 0 Å². The first kappa shape index (κ1) is 30.0. The monoisotopic (exact) mass is 608 g/mol. The quantitative estimate of drug-likeness (QED) is 0.276. The molecule has 42 heavy (non-hydrogen) atoms. The second kappa shape index (κ2) is 12.4. The summed E-state index contributed by atoms with van der Waals surface area (Å²) in [5, 5.41) is -0.747. The van der Waals surface area contributed by atoms with E-state index in [4.69, 9.17) is 18.9 Å². The Labute approximate surface area is 253 Å². The van der Waals surface area contributed by atoms with Crippen LogP contribution in [0.5, 0.6) is 11.5 Å². The molecule has 0 saturated carbocycles. The van der Waals surface area contributed by atoms with Crippen LogP contribution in [-0.2, 0) is 28.7 Å². The number of hydrogen-bond donors (Lipinski definition) is 0. The number of benzene rings is 2. The van der Waals surface area contributed by atoms with Crippen molar-refractivity contribution in [3.05, 3.63) is 83.3 Å². The molecule has 8 nitrogen and oxygen atoms in total. The fourth-order valence-electron chi connectivity index (χ4n) is 5.39. The first-order valence-corrected chi connectivity index (χ1v) is 15.6. The summed E-state index contributed by atoms with van der Waals surface area (Å²) in [4.78, 5) is 52.3. The maximum absolute atomic E-state index is 13.4. The number of ketones is 2. The number of methoxy groups -OCH3 is 2. The van der Waals surface area contributed by atoms with Crippen molar-refractivity contribution in [1.29, 1.82) is 0 Å². The second-order valence-corrected chi connectivity index (χ2v) is 13.2. The molecule has 1 aliphatic carbocycles. The van der Waals surface area contributed by atoms with Gasteiger partial charge in [0.1, 0.15) is 34.9 Å². The molecule has 3 aliphatic rings. The van der Waals surface area contributed by atoms with Crippen molar-refractivity contribution in [2.75, 3.05) is 25.7 Å². The molecule has 2 fully saturated rings. The summed E-state index contributed by atoms with van der Waals surface area (Å²) in [6.07, 6.45) is 3.62. The Morgan fingerprint density at radius 1 is 0.690 bits per heavy atom. The summed E-state index contributed by atoms with van der Waals surface area (Å²) in [5.41, 5.74) is 1.08. The molecule has 2 aromatic rings. The van der Waals surface area contributed by atoms with Crippen LogP contribution in [0.25, 0.3) is 0 Å². The van der Waals surface area contributed by atoms with Crippen molar-refractivity contribution in [2.45, 2.75) is 30.8 Å². The number of ether oxygens (including phenoxy) is 4. The maximum atomic E-state index is 13.4. The lowest BCUT2D eigenvalue weighted by Crippen LogP contribution is -2.29. The summed E-state index contributed by atoms with van der Waals surface area (Å²) >= 11 is 2.81. The first-order valence-electron chi connectivity index (χ1n) is 13.5. The number of allylic oxidation sites excluding steroid dienone is 2. The highest BCUT2D eigenvalue weighted by atomic mass is 32.2. The van der Waals surface area contributed by atoms with Gasteiger partial charge in [0.2, 0.25) is 0 Å². The van der Waals surface area contributed by atoms with Gasteiger partial charge in [-0.05, 0) is 47.5 Å². The topological polar surface area (TPSA) is 105 Å². The van der Waals surface area contributed by atoms with E-state index in [-0.39, 0.29) is 40.0 Å². The van der Waals surface area contributed by atoms with Gasteiger partial charge in [0.15, 0.2) is 11.6 Å². The van der Waals surface area contributed by atoms with Crippen LogP contribution in [-0.4, -0.2) is 49.2 Å². The van der Waals surface area contributed by atoms with E-state index in [9.17, 15) is 19.2 Å². The molecule has 2 aliphatic heterocycles. The Morgan fingerprint density at radius 2 is 1.07 bits per heavy atom. The average molecular weight is 609 g/mol. The van der Waals surface area contributed by atoms with Gasteiger partial charge in [0.05, 0.1) is 42.6 Å². The van der Waals surface area contributed by atoms with Crippen molar-refractivity contribution in [1.82, 2.24) is 0 Å². The molecule has 4 atom stereocenters. The Bertz CT molecular complexity index is 1330. The van der Waals surface area contributed by atoms with E-state index in [0.29, 0.717) is 23.0 Å². The van der Waals surface area contributed by atoms with Gasteiger partial charge < -0.3 is 18.9 Å². The Morgan fingerprint density at radius 3 is 1.43 bits per heavy atom. The van der Waals surface area contributed by atoms with Crippen LogP contribution in [0.1, 0.15) is 41.9 Å². The van der Waals surface area contributed by atoms with Gasteiger partial charge in [-0.15, -0.1) is 23.5 Å². The minimum atomic E-state index is -0.956. The molecule has 0 bridgehead atoms. The normalized spacial score (nSPS) is 25.0.